The topological polar surface area (TPSA) is 109 Å². The Morgan fingerprint density at radius 2 is 1.86 bits per heavy atom. The lowest BCUT2D eigenvalue weighted by Crippen LogP contribution is -2.38. The number of hydrazone groups is 1. The lowest BCUT2D eigenvalue weighted by Gasteiger charge is -2.08. The van der Waals surface area contributed by atoms with Gasteiger partial charge in [-0.05, 0) is 48.4 Å². The van der Waals surface area contributed by atoms with E-state index in [9.17, 15) is 14.4 Å². The Labute approximate surface area is 176 Å². The molecule has 0 aromatic heterocycles. The maximum Gasteiger partial charge on any atom is 0.329 e. The van der Waals surface area contributed by atoms with Crippen LogP contribution in [-0.2, 0) is 14.4 Å². The summed E-state index contributed by atoms with van der Waals surface area (Å²) in [6.07, 6.45) is 2.11. The zero-order valence-corrected chi connectivity index (χ0v) is 17.4. The Bertz CT molecular complexity index is 884. The Hall–Kier alpha value is -3.20. The molecule has 0 atom stereocenters. The first-order valence-corrected chi connectivity index (χ1v) is 9.66. The van der Waals surface area contributed by atoms with Gasteiger partial charge >= 0.3 is 11.8 Å². The molecule has 0 bridgehead atoms. The number of carbonyl (C=O) groups is 3. The number of anilines is 1. The van der Waals surface area contributed by atoms with Crippen LogP contribution in [0.15, 0.2) is 58.1 Å². The van der Waals surface area contributed by atoms with Crippen molar-refractivity contribution in [1.29, 1.82) is 0 Å². The van der Waals surface area contributed by atoms with Crippen molar-refractivity contribution >= 4 is 45.6 Å². The molecule has 8 nitrogen and oxygen atoms in total. The first kappa shape index (κ1) is 22.1. The lowest BCUT2D eigenvalue weighted by atomic mass is 10.2. The molecule has 0 fully saturated rings. The number of hydrogen-bond donors (Lipinski definition) is 3. The van der Waals surface area contributed by atoms with Crippen molar-refractivity contribution in [3.05, 3.63) is 58.6 Å². The number of carbonyl (C=O) groups excluding carboxylic acids is 3. The van der Waals surface area contributed by atoms with Gasteiger partial charge in [0.1, 0.15) is 5.75 Å². The Morgan fingerprint density at radius 1 is 1.10 bits per heavy atom. The van der Waals surface area contributed by atoms with Crippen LogP contribution >= 0.6 is 15.9 Å². The Kier molecular flexibility index (Phi) is 8.84. The van der Waals surface area contributed by atoms with Gasteiger partial charge in [0.05, 0.1) is 6.21 Å². The normalized spacial score (nSPS) is 10.4. The Morgan fingerprint density at radius 3 is 2.59 bits per heavy atom. The van der Waals surface area contributed by atoms with Crippen molar-refractivity contribution in [1.82, 2.24) is 10.7 Å². The molecule has 0 heterocycles. The van der Waals surface area contributed by atoms with Crippen LogP contribution in [0.2, 0.25) is 0 Å². The highest BCUT2D eigenvalue weighted by Crippen LogP contribution is 2.15. The molecule has 3 N–H and O–H groups in total. The SMILES string of the molecule is CCCNC(=O)C(=O)N/N=C\c1cccc(OCC(=O)Nc2ccc(Br)cc2)c1. The number of rotatable bonds is 8. The van der Waals surface area contributed by atoms with Crippen LogP contribution in [0.5, 0.6) is 5.75 Å². The second-order valence-corrected chi connectivity index (χ2v) is 6.79. The van der Waals surface area contributed by atoms with Crippen LogP contribution in [0.25, 0.3) is 0 Å². The van der Waals surface area contributed by atoms with E-state index in [-0.39, 0.29) is 12.5 Å². The van der Waals surface area contributed by atoms with E-state index in [1.54, 1.807) is 36.4 Å². The van der Waals surface area contributed by atoms with Gasteiger partial charge in [0, 0.05) is 16.7 Å². The van der Waals surface area contributed by atoms with Gasteiger partial charge in [-0.3, -0.25) is 14.4 Å². The van der Waals surface area contributed by atoms with E-state index in [0.29, 0.717) is 23.5 Å². The summed E-state index contributed by atoms with van der Waals surface area (Å²) in [4.78, 5) is 35.0. The maximum atomic E-state index is 12.0. The molecule has 2 aromatic rings. The van der Waals surface area contributed by atoms with E-state index in [1.165, 1.54) is 6.21 Å². The molecule has 0 spiro atoms. The fraction of sp³-hybridized carbons (Fsp3) is 0.200. The largest absolute Gasteiger partial charge is 0.484 e. The third-order valence-electron chi connectivity index (χ3n) is 3.48. The molecule has 0 radical (unpaired) electrons. The first-order valence-electron chi connectivity index (χ1n) is 8.87. The highest BCUT2D eigenvalue weighted by atomic mass is 79.9. The summed E-state index contributed by atoms with van der Waals surface area (Å²) in [6, 6.07) is 14.0. The number of halogens is 1. The molecule has 0 saturated carbocycles. The van der Waals surface area contributed by atoms with E-state index < -0.39 is 11.8 Å². The predicted octanol–water partition coefficient (Wildman–Crippen LogP) is 2.44. The van der Waals surface area contributed by atoms with Crippen molar-refractivity contribution in [3.8, 4) is 5.75 Å². The maximum absolute atomic E-state index is 12.0. The van der Waals surface area contributed by atoms with Crippen molar-refractivity contribution in [2.45, 2.75) is 13.3 Å². The molecule has 0 saturated heterocycles. The van der Waals surface area contributed by atoms with Crippen LogP contribution in [-0.4, -0.2) is 37.1 Å². The second-order valence-electron chi connectivity index (χ2n) is 5.87. The fourth-order valence-electron chi connectivity index (χ4n) is 2.10. The third-order valence-corrected chi connectivity index (χ3v) is 4.01. The molecule has 152 valence electrons. The van der Waals surface area contributed by atoms with Gasteiger partial charge < -0.3 is 15.4 Å². The quantitative estimate of drug-likeness (QED) is 0.319. The van der Waals surface area contributed by atoms with Crippen LogP contribution in [0.4, 0.5) is 5.69 Å². The molecule has 0 aliphatic rings. The second kappa shape index (κ2) is 11.6. The molecule has 0 aliphatic carbocycles. The zero-order valence-electron chi connectivity index (χ0n) is 15.8. The number of amides is 3. The van der Waals surface area contributed by atoms with Gasteiger partial charge in [-0.15, -0.1) is 0 Å². The van der Waals surface area contributed by atoms with Crippen molar-refractivity contribution in [2.75, 3.05) is 18.5 Å². The average molecular weight is 461 g/mol. The molecule has 2 rings (SSSR count). The average Bonchev–Trinajstić information content (AvgIpc) is 2.72. The standard InChI is InChI=1S/C20H21BrN4O4/c1-2-10-22-19(27)20(28)25-23-12-14-4-3-5-17(11-14)29-13-18(26)24-16-8-6-15(21)7-9-16/h3-9,11-12H,2,10,13H2,1H3,(H,22,27)(H,24,26)(H,25,28)/b23-12-. The van der Waals surface area contributed by atoms with Crippen molar-refractivity contribution in [3.63, 3.8) is 0 Å². The van der Waals surface area contributed by atoms with Crippen LogP contribution in [0, 0.1) is 0 Å². The van der Waals surface area contributed by atoms with Crippen molar-refractivity contribution in [2.24, 2.45) is 5.10 Å². The highest BCUT2D eigenvalue weighted by molar-refractivity contribution is 9.10. The smallest absolute Gasteiger partial charge is 0.329 e. The summed E-state index contributed by atoms with van der Waals surface area (Å²) in [5.41, 5.74) is 3.45. The molecule has 29 heavy (non-hydrogen) atoms. The third kappa shape index (κ3) is 8.14. The predicted molar refractivity (Wildman–Crippen MR) is 114 cm³/mol. The van der Waals surface area contributed by atoms with Crippen molar-refractivity contribution < 1.29 is 19.1 Å². The zero-order chi connectivity index (χ0) is 21.1. The van der Waals surface area contributed by atoms with E-state index in [1.807, 2.05) is 19.1 Å². The van der Waals surface area contributed by atoms with Crippen LogP contribution < -0.4 is 20.8 Å². The number of hydrogen-bond acceptors (Lipinski definition) is 5. The van der Waals surface area contributed by atoms with Crippen LogP contribution in [0.1, 0.15) is 18.9 Å². The van der Waals surface area contributed by atoms with Gasteiger partial charge in [-0.1, -0.05) is 35.0 Å². The van der Waals surface area contributed by atoms with E-state index in [0.717, 1.165) is 10.9 Å². The Balaban J connectivity index is 1.82. The minimum absolute atomic E-state index is 0.162. The van der Waals surface area contributed by atoms with Crippen LogP contribution in [0.3, 0.4) is 0 Å². The fourth-order valence-corrected chi connectivity index (χ4v) is 2.36. The van der Waals surface area contributed by atoms with Gasteiger partial charge in [0.15, 0.2) is 6.61 Å². The molecule has 2 aromatic carbocycles. The summed E-state index contributed by atoms with van der Waals surface area (Å²) < 4.78 is 6.40. The number of benzene rings is 2. The number of nitrogens with zero attached hydrogens (tertiary/aromatic N) is 1. The molecule has 0 aliphatic heterocycles. The summed E-state index contributed by atoms with van der Waals surface area (Å²) >= 11 is 3.33. The summed E-state index contributed by atoms with van der Waals surface area (Å²) in [6.45, 7) is 2.14. The minimum Gasteiger partial charge on any atom is -0.484 e. The van der Waals surface area contributed by atoms with Gasteiger partial charge in [0.2, 0.25) is 0 Å². The highest BCUT2D eigenvalue weighted by Gasteiger charge is 2.10. The summed E-state index contributed by atoms with van der Waals surface area (Å²) in [5.74, 6) is -1.41. The monoisotopic (exact) mass is 460 g/mol. The molecular formula is C20H21BrN4O4. The van der Waals surface area contributed by atoms with Gasteiger partial charge in [0.25, 0.3) is 5.91 Å². The molecule has 9 heteroatoms. The summed E-state index contributed by atoms with van der Waals surface area (Å²) in [7, 11) is 0. The molecule has 3 amide bonds. The summed E-state index contributed by atoms with van der Waals surface area (Å²) in [5, 5.41) is 8.93. The minimum atomic E-state index is -0.841. The number of nitrogens with one attached hydrogen (secondary N) is 3. The molecular weight excluding hydrogens is 440 g/mol. The van der Waals surface area contributed by atoms with E-state index >= 15 is 0 Å². The van der Waals surface area contributed by atoms with E-state index in [2.05, 4.69) is 37.1 Å². The van der Waals surface area contributed by atoms with E-state index in [4.69, 9.17) is 4.74 Å². The first-order chi connectivity index (χ1) is 14.0. The lowest BCUT2D eigenvalue weighted by molar-refractivity contribution is -0.139. The van der Waals surface area contributed by atoms with Gasteiger partial charge in [-0.25, -0.2) is 5.43 Å². The molecule has 0 unspecified atom stereocenters. The van der Waals surface area contributed by atoms with Gasteiger partial charge in [-0.2, -0.15) is 5.10 Å². The number of ether oxygens (including phenoxy) is 1.